The molecule has 0 saturated heterocycles. The van der Waals surface area contributed by atoms with E-state index in [0.717, 1.165) is 12.0 Å². The minimum atomic E-state index is -0.257. The summed E-state index contributed by atoms with van der Waals surface area (Å²) < 4.78 is 5.01. The lowest BCUT2D eigenvalue weighted by Crippen LogP contribution is -2.43. The summed E-state index contributed by atoms with van der Waals surface area (Å²) in [6, 6.07) is 9.89. The molecule has 0 aromatic heterocycles. The predicted molar refractivity (Wildman–Crippen MR) is 115 cm³/mol. The molecule has 1 fully saturated rings. The summed E-state index contributed by atoms with van der Waals surface area (Å²) in [4.78, 5) is 26.0. The van der Waals surface area contributed by atoms with Crippen molar-refractivity contribution < 1.29 is 14.3 Å². The number of esters is 1. The van der Waals surface area contributed by atoms with E-state index in [4.69, 9.17) is 17.0 Å². The summed E-state index contributed by atoms with van der Waals surface area (Å²) in [5.74, 6) is 0.370. The lowest BCUT2D eigenvalue weighted by molar-refractivity contribution is -0.143. The van der Waals surface area contributed by atoms with Gasteiger partial charge in [0.2, 0.25) is 5.91 Å². The first-order valence-corrected chi connectivity index (χ1v) is 10.8. The lowest BCUT2D eigenvalue weighted by atomic mass is 9.86. The van der Waals surface area contributed by atoms with Gasteiger partial charge >= 0.3 is 5.97 Å². The van der Waals surface area contributed by atoms with Gasteiger partial charge in [-0.05, 0) is 37.0 Å². The second-order valence-electron chi connectivity index (χ2n) is 7.36. The van der Waals surface area contributed by atoms with E-state index < -0.39 is 0 Å². The molecule has 1 aromatic carbocycles. The number of rotatable bonds is 9. The highest BCUT2D eigenvalue weighted by molar-refractivity contribution is 7.80. The Morgan fingerprint density at radius 3 is 2.54 bits per heavy atom. The van der Waals surface area contributed by atoms with Crippen LogP contribution in [0.4, 0.5) is 0 Å². The summed E-state index contributed by atoms with van der Waals surface area (Å²) in [5, 5.41) is 3.24. The van der Waals surface area contributed by atoms with Gasteiger partial charge in [-0.15, -0.1) is 0 Å². The van der Waals surface area contributed by atoms with E-state index in [1.807, 2.05) is 35.2 Å². The molecule has 0 spiro atoms. The molecule has 1 aliphatic rings. The Morgan fingerprint density at radius 2 is 1.86 bits per heavy atom. The molecule has 5 nitrogen and oxygen atoms in total. The Kier molecular flexibility index (Phi) is 9.97. The van der Waals surface area contributed by atoms with Gasteiger partial charge in [0, 0.05) is 19.5 Å². The Balaban J connectivity index is 1.87. The maximum Gasteiger partial charge on any atom is 0.307 e. The summed E-state index contributed by atoms with van der Waals surface area (Å²) in [7, 11) is 0. The average molecular weight is 405 g/mol. The number of nitrogens with one attached hydrogen (secondary N) is 1. The van der Waals surface area contributed by atoms with E-state index >= 15 is 0 Å². The van der Waals surface area contributed by atoms with Gasteiger partial charge in [-0.3, -0.25) is 9.59 Å². The number of carbonyl (C=O) groups excluding carboxylic acids is 2. The molecular formula is C22H32N2O3S. The van der Waals surface area contributed by atoms with Gasteiger partial charge in [-0.2, -0.15) is 0 Å². The van der Waals surface area contributed by atoms with Crippen molar-refractivity contribution in [1.82, 2.24) is 10.2 Å². The van der Waals surface area contributed by atoms with Crippen molar-refractivity contribution in [3.8, 4) is 0 Å². The molecule has 0 radical (unpaired) electrons. The fourth-order valence-corrected chi connectivity index (χ4v) is 3.86. The lowest BCUT2D eigenvalue weighted by Gasteiger charge is -2.26. The van der Waals surface area contributed by atoms with Crippen LogP contribution in [-0.4, -0.2) is 35.0 Å². The summed E-state index contributed by atoms with van der Waals surface area (Å²) >= 11 is 5.48. The van der Waals surface area contributed by atoms with Crippen molar-refractivity contribution in [2.75, 3.05) is 13.2 Å². The van der Waals surface area contributed by atoms with Crippen LogP contribution in [0.1, 0.15) is 63.9 Å². The van der Waals surface area contributed by atoms with E-state index in [0.29, 0.717) is 37.1 Å². The highest BCUT2D eigenvalue weighted by Crippen LogP contribution is 2.27. The molecule has 1 N–H and O–H groups in total. The first-order chi connectivity index (χ1) is 13.6. The second kappa shape index (κ2) is 12.5. The van der Waals surface area contributed by atoms with Gasteiger partial charge in [-0.1, -0.05) is 62.4 Å². The van der Waals surface area contributed by atoms with Gasteiger partial charge in [0.15, 0.2) is 5.11 Å². The minimum Gasteiger partial charge on any atom is -0.466 e. The third kappa shape index (κ3) is 8.38. The van der Waals surface area contributed by atoms with Crippen LogP contribution in [-0.2, 0) is 20.9 Å². The molecule has 0 aliphatic heterocycles. The van der Waals surface area contributed by atoms with E-state index in [-0.39, 0.29) is 18.3 Å². The largest absolute Gasteiger partial charge is 0.466 e. The molecule has 1 saturated carbocycles. The Labute approximate surface area is 173 Å². The van der Waals surface area contributed by atoms with E-state index in [1.54, 1.807) is 6.92 Å². The molecule has 0 unspecified atom stereocenters. The molecule has 6 heteroatoms. The number of nitrogens with zero attached hydrogens (tertiary/aromatic N) is 1. The number of hydrogen-bond acceptors (Lipinski definition) is 4. The van der Waals surface area contributed by atoms with Crippen molar-refractivity contribution in [1.29, 1.82) is 0 Å². The van der Waals surface area contributed by atoms with Crippen molar-refractivity contribution in [2.24, 2.45) is 5.92 Å². The first-order valence-electron chi connectivity index (χ1n) is 10.4. The van der Waals surface area contributed by atoms with Crippen LogP contribution in [0.2, 0.25) is 0 Å². The highest BCUT2D eigenvalue weighted by atomic mass is 32.1. The number of benzene rings is 1. The van der Waals surface area contributed by atoms with Crippen LogP contribution in [0.5, 0.6) is 0 Å². The van der Waals surface area contributed by atoms with Crippen molar-refractivity contribution >= 4 is 29.2 Å². The SMILES string of the molecule is CCOC(=O)CCN(Cc1ccccc1)C(=S)NC(=O)CCC1CCCCC1. The minimum absolute atomic E-state index is 0.0373. The molecule has 2 rings (SSSR count). The maximum atomic E-state index is 12.4. The quantitative estimate of drug-likeness (QED) is 0.494. The number of ether oxygens (including phenoxy) is 1. The van der Waals surface area contributed by atoms with Crippen LogP contribution < -0.4 is 5.32 Å². The average Bonchev–Trinajstić information content (AvgIpc) is 2.71. The zero-order chi connectivity index (χ0) is 20.2. The molecule has 28 heavy (non-hydrogen) atoms. The summed E-state index contributed by atoms with van der Waals surface area (Å²) in [6.45, 7) is 3.11. The smallest absolute Gasteiger partial charge is 0.307 e. The van der Waals surface area contributed by atoms with Gasteiger partial charge < -0.3 is 15.0 Å². The van der Waals surface area contributed by atoms with E-state index in [1.165, 1.54) is 32.1 Å². The molecule has 0 bridgehead atoms. The van der Waals surface area contributed by atoms with Gasteiger partial charge in [0.05, 0.1) is 13.0 Å². The molecule has 0 atom stereocenters. The molecular weight excluding hydrogens is 372 g/mol. The number of amides is 1. The van der Waals surface area contributed by atoms with Crippen LogP contribution >= 0.6 is 12.2 Å². The van der Waals surface area contributed by atoms with Crippen molar-refractivity contribution in [2.45, 2.75) is 64.8 Å². The fourth-order valence-electron chi connectivity index (χ4n) is 3.59. The molecule has 1 aromatic rings. The van der Waals surface area contributed by atoms with Crippen molar-refractivity contribution in [3.63, 3.8) is 0 Å². The zero-order valence-electron chi connectivity index (χ0n) is 16.8. The zero-order valence-corrected chi connectivity index (χ0v) is 17.6. The van der Waals surface area contributed by atoms with Crippen LogP contribution in [0.25, 0.3) is 0 Å². The normalized spacial score (nSPS) is 14.3. The standard InChI is InChI=1S/C22H32N2O3S/c1-2-27-21(26)15-16-24(17-19-11-7-4-8-12-19)22(28)23-20(25)14-13-18-9-5-3-6-10-18/h4,7-8,11-12,18H,2-3,5-6,9-10,13-17H2,1H3,(H,23,25,28). The predicted octanol–water partition coefficient (Wildman–Crippen LogP) is 4.20. The van der Waals surface area contributed by atoms with E-state index in [9.17, 15) is 9.59 Å². The van der Waals surface area contributed by atoms with Crippen LogP contribution in [0.15, 0.2) is 30.3 Å². The number of hydrogen-bond donors (Lipinski definition) is 1. The maximum absolute atomic E-state index is 12.4. The fraction of sp³-hybridized carbons (Fsp3) is 0.591. The van der Waals surface area contributed by atoms with Gasteiger partial charge in [0.1, 0.15) is 0 Å². The van der Waals surface area contributed by atoms with Crippen LogP contribution in [0, 0.1) is 5.92 Å². The Hall–Kier alpha value is -1.95. The third-order valence-electron chi connectivity index (χ3n) is 5.15. The van der Waals surface area contributed by atoms with Gasteiger partial charge in [-0.25, -0.2) is 0 Å². The molecule has 154 valence electrons. The summed E-state index contributed by atoms with van der Waals surface area (Å²) in [6.07, 6.45) is 8.01. The monoisotopic (exact) mass is 404 g/mol. The van der Waals surface area contributed by atoms with Gasteiger partial charge in [0.25, 0.3) is 0 Å². The molecule has 1 aliphatic carbocycles. The van der Waals surface area contributed by atoms with E-state index in [2.05, 4.69) is 5.32 Å². The molecule has 1 amide bonds. The van der Waals surface area contributed by atoms with Crippen LogP contribution in [0.3, 0.4) is 0 Å². The number of thiocarbonyl (C=S) groups is 1. The first kappa shape index (κ1) is 22.3. The second-order valence-corrected chi connectivity index (χ2v) is 7.74. The third-order valence-corrected chi connectivity index (χ3v) is 5.51. The Morgan fingerprint density at radius 1 is 1.14 bits per heavy atom. The topological polar surface area (TPSA) is 58.6 Å². The molecule has 0 heterocycles. The van der Waals surface area contributed by atoms with Crippen molar-refractivity contribution in [3.05, 3.63) is 35.9 Å². The Bertz CT molecular complexity index is 630. The summed E-state index contributed by atoms with van der Waals surface area (Å²) in [5.41, 5.74) is 1.07. The number of carbonyl (C=O) groups is 2. The highest BCUT2D eigenvalue weighted by Gasteiger charge is 2.18.